The van der Waals surface area contributed by atoms with Crippen molar-refractivity contribution >= 4 is 34.8 Å². The van der Waals surface area contributed by atoms with Gasteiger partial charge in [-0.2, -0.15) is 0 Å². The lowest BCUT2D eigenvalue weighted by Crippen LogP contribution is -2.30. The molecule has 0 aromatic heterocycles. The van der Waals surface area contributed by atoms with Gasteiger partial charge in [0, 0.05) is 16.1 Å². The Morgan fingerprint density at radius 2 is 1.64 bits per heavy atom. The highest BCUT2D eigenvalue weighted by Crippen LogP contribution is 2.31. The normalized spacial score (nSPS) is 11.8. The molecule has 0 fully saturated rings. The summed E-state index contributed by atoms with van der Waals surface area (Å²) in [7, 11) is 1.52. The van der Waals surface area contributed by atoms with Crippen molar-refractivity contribution in [3.8, 4) is 11.5 Å². The number of methoxy groups -OCH3 is 1. The topological polar surface area (TPSA) is 47.6 Å². The van der Waals surface area contributed by atoms with Gasteiger partial charge in [-0.1, -0.05) is 23.2 Å². The molecule has 1 unspecified atom stereocenters. The number of carbonyl (C=O) groups excluding carboxylic acids is 1. The first-order valence-electron chi connectivity index (χ1n) is 7.81. The lowest BCUT2D eigenvalue weighted by atomic mass is 10.1. The van der Waals surface area contributed by atoms with Crippen LogP contribution >= 0.6 is 23.2 Å². The maximum absolute atomic E-state index is 12.5. The number of nitrogens with one attached hydrogen (secondary N) is 1. The van der Waals surface area contributed by atoms with E-state index in [9.17, 15) is 4.79 Å². The van der Waals surface area contributed by atoms with Crippen molar-refractivity contribution in [2.45, 2.75) is 33.8 Å². The minimum atomic E-state index is -0.694. The lowest BCUT2D eigenvalue weighted by Gasteiger charge is -2.18. The van der Waals surface area contributed by atoms with E-state index < -0.39 is 6.10 Å². The molecule has 0 aliphatic rings. The molecular weight excluding hydrogens is 361 g/mol. The van der Waals surface area contributed by atoms with Gasteiger partial charge in [0.1, 0.15) is 11.5 Å². The summed E-state index contributed by atoms with van der Waals surface area (Å²) in [6.07, 6.45) is -0.694. The third-order valence-corrected chi connectivity index (χ3v) is 4.83. The number of carbonyl (C=O) groups is 1. The molecule has 1 atom stereocenters. The minimum absolute atomic E-state index is 0.287. The molecule has 0 spiro atoms. The number of aryl methyl sites for hydroxylation is 3. The number of anilines is 1. The van der Waals surface area contributed by atoms with Crippen LogP contribution in [0.15, 0.2) is 24.3 Å². The van der Waals surface area contributed by atoms with Gasteiger partial charge in [-0.25, -0.2) is 0 Å². The first-order valence-corrected chi connectivity index (χ1v) is 8.57. The molecule has 0 saturated carbocycles. The third-order valence-electron chi connectivity index (χ3n) is 3.83. The van der Waals surface area contributed by atoms with E-state index in [1.807, 2.05) is 32.9 Å². The molecule has 25 heavy (non-hydrogen) atoms. The van der Waals surface area contributed by atoms with Crippen molar-refractivity contribution in [3.63, 3.8) is 0 Å². The lowest BCUT2D eigenvalue weighted by molar-refractivity contribution is -0.122. The van der Waals surface area contributed by atoms with Gasteiger partial charge in [0.05, 0.1) is 12.8 Å². The van der Waals surface area contributed by atoms with Gasteiger partial charge in [0.15, 0.2) is 6.10 Å². The number of hydrogen-bond acceptors (Lipinski definition) is 3. The number of benzene rings is 2. The maximum Gasteiger partial charge on any atom is 0.265 e. The van der Waals surface area contributed by atoms with Crippen LogP contribution in [0.3, 0.4) is 0 Å². The number of hydrogen-bond donors (Lipinski definition) is 1. The summed E-state index contributed by atoms with van der Waals surface area (Å²) in [5.74, 6) is 0.806. The van der Waals surface area contributed by atoms with Crippen LogP contribution in [0.25, 0.3) is 0 Å². The van der Waals surface area contributed by atoms with Crippen molar-refractivity contribution < 1.29 is 14.3 Å². The largest absolute Gasteiger partial charge is 0.495 e. The second-order valence-electron chi connectivity index (χ2n) is 5.92. The van der Waals surface area contributed by atoms with Gasteiger partial charge in [-0.3, -0.25) is 4.79 Å². The van der Waals surface area contributed by atoms with E-state index in [2.05, 4.69) is 5.32 Å². The van der Waals surface area contributed by atoms with Crippen molar-refractivity contribution in [3.05, 3.63) is 51.0 Å². The molecule has 0 radical (unpaired) electrons. The summed E-state index contributed by atoms with van der Waals surface area (Å²) in [5, 5.41) is 4.09. The van der Waals surface area contributed by atoms with Crippen LogP contribution in [0.4, 0.5) is 5.69 Å². The Morgan fingerprint density at radius 3 is 2.20 bits per heavy atom. The summed E-state index contributed by atoms with van der Waals surface area (Å²) in [6, 6.07) is 7.06. The predicted molar refractivity (Wildman–Crippen MR) is 102 cm³/mol. The van der Waals surface area contributed by atoms with Crippen LogP contribution < -0.4 is 14.8 Å². The van der Waals surface area contributed by atoms with E-state index in [1.165, 1.54) is 7.11 Å². The van der Waals surface area contributed by atoms with Gasteiger partial charge < -0.3 is 14.8 Å². The van der Waals surface area contributed by atoms with E-state index in [1.54, 1.807) is 19.1 Å². The summed E-state index contributed by atoms with van der Waals surface area (Å²) in [6.45, 7) is 7.34. The fraction of sp³-hybridized carbons (Fsp3) is 0.316. The van der Waals surface area contributed by atoms with Gasteiger partial charge in [0.25, 0.3) is 5.91 Å². The molecule has 134 valence electrons. The molecule has 6 heteroatoms. The van der Waals surface area contributed by atoms with Crippen LogP contribution in [-0.4, -0.2) is 19.1 Å². The zero-order chi connectivity index (χ0) is 18.7. The monoisotopic (exact) mass is 381 g/mol. The van der Waals surface area contributed by atoms with Crippen molar-refractivity contribution in [2.75, 3.05) is 12.4 Å². The Morgan fingerprint density at radius 1 is 1.04 bits per heavy atom. The molecule has 4 nitrogen and oxygen atoms in total. The van der Waals surface area contributed by atoms with Gasteiger partial charge in [-0.15, -0.1) is 0 Å². The van der Waals surface area contributed by atoms with Gasteiger partial charge in [-0.05, 0) is 62.6 Å². The predicted octanol–water partition coefficient (Wildman–Crippen LogP) is 5.33. The molecule has 0 aliphatic carbocycles. The molecule has 1 N–H and O–H groups in total. The molecule has 2 rings (SSSR count). The first kappa shape index (κ1) is 19.4. The Bertz CT molecular complexity index is 782. The van der Waals surface area contributed by atoms with Crippen LogP contribution in [0.1, 0.15) is 23.6 Å². The molecule has 2 aromatic rings. The Balaban J connectivity index is 2.15. The highest BCUT2D eigenvalue weighted by molar-refractivity contribution is 6.32. The van der Waals surface area contributed by atoms with Crippen molar-refractivity contribution in [1.29, 1.82) is 0 Å². The van der Waals surface area contributed by atoms with Crippen molar-refractivity contribution in [2.24, 2.45) is 0 Å². The van der Waals surface area contributed by atoms with Crippen LogP contribution in [-0.2, 0) is 4.79 Å². The minimum Gasteiger partial charge on any atom is -0.495 e. The molecule has 2 aromatic carbocycles. The van der Waals surface area contributed by atoms with E-state index in [-0.39, 0.29) is 5.91 Å². The fourth-order valence-corrected chi connectivity index (χ4v) is 2.66. The molecule has 0 saturated heterocycles. The highest BCUT2D eigenvalue weighted by Gasteiger charge is 2.18. The van der Waals surface area contributed by atoms with E-state index in [0.717, 1.165) is 16.7 Å². The van der Waals surface area contributed by atoms with E-state index in [0.29, 0.717) is 27.2 Å². The first-order chi connectivity index (χ1) is 11.7. The van der Waals surface area contributed by atoms with Crippen molar-refractivity contribution in [1.82, 2.24) is 0 Å². The average molecular weight is 382 g/mol. The number of halogens is 2. The number of ether oxygens (including phenoxy) is 2. The highest BCUT2D eigenvalue weighted by atomic mass is 35.5. The Kier molecular flexibility index (Phi) is 6.20. The summed E-state index contributed by atoms with van der Waals surface area (Å²) < 4.78 is 11.0. The number of amides is 1. The third kappa shape index (κ3) is 4.59. The Hall–Kier alpha value is -1.91. The fourth-order valence-electron chi connectivity index (χ4n) is 2.40. The van der Waals surface area contributed by atoms with E-state index in [4.69, 9.17) is 32.7 Å². The Labute approximate surface area is 158 Å². The molecule has 1 amide bonds. The van der Waals surface area contributed by atoms with E-state index >= 15 is 0 Å². The molecule has 0 aliphatic heterocycles. The summed E-state index contributed by atoms with van der Waals surface area (Å²) in [4.78, 5) is 12.5. The van der Waals surface area contributed by atoms with Crippen LogP contribution in [0, 0.1) is 20.8 Å². The zero-order valence-electron chi connectivity index (χ0n) is 14.9. The van der Waals surface area contributed by atoms with Crippen LogP contribution in [0.5, 0.6) is 11.5 Å². The quantitative estimate of drug-likeness (QED) is 0.760. The second-order valence-corrected chi connectivity index (χ2v) is 6.71. The second kappa shape index (κ2) is 7.98. The smallest absolute Gasteiger partial charge is 0.265 e. The molecule has 0 bridgehead atoms. The number of rotatable bonds is 5. The molecular formula is C19H21Cl2NO3. The maximum atomic E-state index is 12.5. The summed E-state index contributed by atoms with van der Waals surface area (Å²) in [5.41, 5.74) is 3.20. The average Bonchev–Trinajstić information content (AvgIpc) is 2.55. The van der Waals surface area contributed by atoms with Crippen LogP contribution in [0.2, 0.25) is 10.0 Å². The van der Waals surface area contributed by atoms with Gasteiger partial charge >= 0.3 is 0 Å². The standard InChI is InChI=1S/C19H21Cl2NO3/c1-10-8-16(17(24-5)9-15(10)20)22-19(23)13(4)25-14-6-11(2)18(21)12(3)7-14/h6-9,13H,1-5H3,(H,22,23). The zero-order valence-corrected chi connectivity index (χ0v) is 16.4. The SMILES string of the molecule is COc1cc(Cl)c(C)cc1NC(=O)C(C)Oc1cc(C)c(Cl)c(C)c1. The molecule has 0 heterocycles. The van der Waals surface area contributed by atoms with Gasteiger partial charge in [0.2, 0.25) is 0 Å². The summed E-state index contributed by atoms with van der Waals surface area (Å²) >= 11 is 12.2.